The van der Waals surface area contributed by atoms with Crippen LogP contribution >= 0.6 is 0 Å². The zero-order valence-electron chi connectivity index (χ0n) is 17.6. The molecule has 0 aliphatic carbocycles. The van der Waals surface area contributed by atoms with Crippen LogP contribution in [0.2, 0.25) is 0 Å². The van der Waals surface area contributed by atoms with Crippen molar-refractivity contribution >= 4 is 16.0 Å². The zero-order chi connectivity index (χ0) is 24.1. The number of hydrogen-bond acceptors (Lipinski definition) is 5. The second-order valence-corrected chi connectivity index (χ2v) is 9.71. The Kier molecular flexibility index (Phi) is 8.11. The minimum absolute atomic E-state index is 0.213. The van der Waals surface area contributed by atoms with E-state index in [0.717, 1.165) is 19.6 Å². The number of nitrogens with zero attached hydrogens (tertiary/aromatic N) is 1. The summed E-state index contributed by atoms with van der Waals surface area (Å²) < 4.78 is 65.3. The molecule has 2 heterocycles. The predicted octanol–water partition coefficient (Wildman–Crippen LogP) is 2.75. The second kappa shape index (κ2) is 10.6. The number of likely N-dealkylation sites (tertiary alicyclic amines) is 1. The van der Waals surface area contributed by atoms with Crippen molar-refractivity contribution in [3.05, 3.63) is 66.2 Å². The molecule has 0 aromatic heterocycles. The number of halogens is 3. The number of fused-ring (bicyclic) bond motifs is 1. The minimum atomic E-state index is -5.08. The number of carboxylic acid groups (broad SMARTS) is 1. The second-order valence-electron chi connectivity index (χ2n) is 7.94. The third-order valence-electron chi connectivity index (χ3n) is 5.60. The monoisotopic (exact) mass is 486 g/mol. The number of rotatable bonds is 6. The molecule has 2 aliphatic rings. The molecule has 3 atom stereocenters. The van der Waals surface area contributed by atoms with Gasteiger partial charge in [0, 0.05) is 38.0 Å². The molecule has 4 rings (SSSR count). The summed E-state index contributed by atoms with van der Waals surface area (Å²) in [6.07, 6.45) is -4.87. The van der Waals surface area contributed by atoms with E-state index in [9.17, 15) is 21.6 Å². The van der Waals surface area contributed by atoms with Gasteiger partial charge in [0.25, 0.3) is 0 Å². The summed E-state index contributed by atoms with van der Waals surface area (Å²) in [6, 6.07) is 19.0. The first kappa shape index (κ1) is 25.2. The van der Waals surface area contributed by atoms with Gasteiger partial charge in [-0.2, -0.15) is 13.2 Å². The van der Waals surface area contributed by atoms with Gasteiger partial charge in [0.15, 0.2) is 0 Å². The first-order valence-corrected chi connectivity index (χ1v) is 11.8. The number of alkyl halides is 3. The number of aliphatic carboxylic acids is 1. The van der Waals surface area contributed by atoms with Gasteiger partial charge in [-0.25, -0.2) is 17.9 Å². The Bertz CT molecular complexity index is 1020. The van der Waals surface area contributed by atoms with E-state index in [1.807, 2.05) is 12.1 Å². The van der Waals surface area contributed by atoms with Gasteiger partial charge in [-0.1, -0.05) is 48.5 Å². The van der Waals surface area contributed by atoms with E-state index in [4.69, 9.17) is 14.6 Å². The molecule has 2 N–H and O–H groups in total. The highest BCUT2D eigenvalue weighted by atomic mass is 32.2. The Morgan fingerprint density at radius 3 is 2.21 bits per heavy atom. The first-order chi connectivity index (χ1) is 15.6. The lowest BCUT2D eigenvalue weighted by Crippen LogP contribution is -2.34. The van der Waals surface area contributed by atoms with E-state index in [-0.39, 0.29) is 12.0 Å². The fourth-order valence-corrected chi connectivity index (χ4v) is 5.08. The van der Waals surface area contributed by atoms with E-state index in [1.54, 1.807) is 24.3 Å². The molecular formula is C22H25F3N2O5S. The maximum absolute atomic E-state index is 12.4. The summed E-state index contributed by atoms with van der Waals surface area (Å²) in [5.74, 6) is -2.15. The Morgan fingerprint density at radius 1 is 1.06 bits per heavy atom. The molecule has 0 saturated carbocycles. The van der Waals surface area contributed by atoms with Crippen molar-refractivity contribution in [1.29, 1.82) is 0 Å². The van der Waals surface area contributed by atoms with Gasteiger partial charge >= 0.3 is 12.1 Å². The smallest absolute Gasteiger partial charge is 0.475 e. The Morgan fingerprint density at radius 2 is 1.64 bits per heavy atom. The molecule has 0 unspecified atom stereocenters. The van der Waals surface area contributed by atoms with Crippen LogP contribution in [0.25, 0.3) is 0 Å². The third kappa shape index (κ3) is 7.00. The molecule has 7 nitrogen and oxygen atoms in total. The molecule has 2 aliphatic heterocycles. The van der Waals surface area contributed by atoms with Crippen LogP contribution in [-0.4, -0.2) is 62.9 Å². The minimum Gasteiger partial charge on any atom is -0.475 e. The first-order valence-electron chi connectivity index (χ1n) is 10.3. The number of carboxylic acids is 1. The highest BCUT2D eigenvalue weighted by Gasteiger charge is 2.43. The summed E-state index contributed by atoms with van der Waals surface area (Å²) in [7, 11) is -3.46. The number of nitrogens with one attached hydrogen (secondary N) is 1. The maximum Gasteiger partial charge on any atom is 0.490 e. The molecule has 33 heavy (non-hydrogen) atoms. The Labute approximate surface area is 190 Å². The van der Waals surface area contributed by atoms with Gasteiger partial charge in [0.05, 0.1) is 17.6 Å². The Hall–Kier alpha value is -2.47. The summed E-state index contributed by atoms with van der Waals surface area (Å²) in [5, 5.41) is 7.12. The molecule has 0 bridgehead atoms. The highest BCUT2D eigenvalue weighted by molar-refractivity contribution is 7.89. The van der Waals surface area contributed by atoms with Crippen molar-refractivity contribution in [3.8, 4) is 0 Å². The lowest BCUT2D eigenvalue weighted by atomic mass is 9.93. The molecule has 11 heteroatoms. The zero-order valence-corrected chi connectivity index (χ0v) is 18.4. The molecule has 2 fully saturated rings. The maximum atomic E-state index is 12.4. The standard InChI is InChI=1S/C20H24N2O3S.C2HF3O2/c23-26(24,18-9-5-2-6-10-18)21-11-17-15-25-20-14-22(13-19(17)20)12-16-7-3-1-4-8-16;3-2(4,5)1(6)7/h1-10,17,19-21H,11-15H2;(H,6,7)/t17-,19-,20-;/m1./s1. The number of benzene rings is 2. The van der Waals surface area contributed by atoms with E-state index in [1.165, 1.54) is 5.56 Å². The van der Waals surface area contributed by atoms with Crippen LogP contribution in [0.1, 0.15) is 5.56 Å². The fourth-order valence-electron chi connectivity index (χ4n) is 3.96. The van der Waals surface area contributed by atoms with Crippen molar-refractivity contribution in [3.63, 3.8) is 0 Å². The average molecular weight is 487 g/mol. The molecular weight excluding hydrogens is 461 g/mol. The highest BCUT2D eigenvalue weighted by Crippen LogP contribution is 2.34. The summed E-state index contributed by atoms with van der Waals surface area (Å²) in [4.78, 5) is 11.6. The molecule has 2 saturated heterocycles. The van der Waals surface area contributed by atoms with Crippen LogP contribution in [0.15, 0.2) is 65.6 Å². The van der Waals surface area contributed by atoms with Crippen molar-refractivity contribution in [2.24, 2.45) is 11.8 Å². The normalized spacial score (nSPS) is 22.9. The molecule has 0 radical (unpaired) electrons. The molecule has 2 aromatic carbocycles. The predicted molar refractivity (Wildman–Crippen MR) is 114 cm³/mol. The molecule has 2 aromatic rings. The van der Waals surface area contributed by atoms with Gasteiger partial charge in [-0.15, -0.1) is 0 Å². The number of sulfonamides is 1. The average Bonchev–Trinajstić information content (AvgIpc) is 3.34. The van der Waals surface area contributed by atoms with E-state index < -0.39 is 22.2 Å². The van der Waals surface area contributed by atoms with Gasteiger partial charge in [-0.3, -0.25) is 4.90 Å². The number of hydrogen-bond donors (Lipinski definition) is 2. The van der Waals surface area contributed by atoms with E-state index in [0.29, 0.717) is 24.0 Å². The van der Waals surface area contributed by atoms with Crippen LogP contribution in [-0.2, 0) is 26.1 Å². The van der Waals surface area contributed by atoms with Gasteiger partial charge in [0.2, 0.25) is 10.0 Å². The van der Waals surface area contributed by atoms with Crippen molar-refractivity contribution in [2.75, 3.05) is 26.2 Å². The lowest BCUT2D eigenvalue weighted by molar-refractivity contribution is -0.192. The fraction of sp³-hybridized carbons (Fsp3) is 0.409. The molecule has 0 amide bonds. The van der Waals surface area contributed by atoms with Gasteiger partial charge in [-0.05, 0) is 17.7 Å². The quantitative estimate of drug-likeness (QED) is 0.652. The topological polar surface area (TPSA) is 95.9 Å². The van der Waals surface area contributed by atoms with Crippen molar-refractivity contribution in [2.45, 2.75) is 23.7 Å². The SMILES string of the molecule is O=C(O)C(F)(F)F.O=S(=O)(NC[C@@H]1CO[C@@H]2CN(Cc3ccccc3)C[C@H]12)c1ccccc1. The van der Waals surface area contributed by atoms with Crippen molar-refractivity contribution in [1.82, 2.24) is 9.62 Å². The van der Waals surface area contributed by atoms with Crippen LogP contribution < -0.4 is 4.72 Å². The summed E-state index contributed by atoms with van der Waals surface area (Å²) >= 11 is 0. The van der Waals surface area contributed by atoms with Crippen LogP contribution in [0.5, 0.6) is 0 Å². The van der Waals surface area contributed by atoms with E-state index >= 15 is 0 Å². The largest absolute Gasteiger partial charge is 0.490 e. The number of ether oxygens (including phenoxy) is 1. The third-order valence-corrected chi connectivity index (χ3v) is 7.03. The Balaban J connectivity index is 0.000000383. The lowest BCUT2D eigenvalue weighted by Gasteiger charge is -2.20. The number of carbonyl (C=O) groups is 1. The van der Waals surface area contributed by atoms with Gasteiger partial charge in [0.1, 0.15) is 0 Å². The van der Waals surface area contributed by atoms with Crippen LogP contribution in [0.3, 0.4) is 0 Å². The molecule has 0 spiro atoms. The van der Waals surface area contributed by atoms with E-state index in [2.05, 4.69) is 33.9 Å². The van der Waals surface area contributed by atoms with Crippen LogP contribution in [0.4, 0.5) is 13.2 Å². The van der Waals surface area contributed by atoms with Gasteiger partial charge < -0.3 is 9.84 Å². The summed E-state index contributed by atoms with van der Waals surface area (Å²) in [5.41, 5.74) is 1.30. The molecule has 180 valence electrons. The summed E-state index contributed by atoms with van der Waals surface area (Å²) in [6.45, 7) is 3.85. The van der Waals surface area contributed by atoms with Crippen molar-refractivity contribution < 1.29 is 36.2 Å². The van der Waals surface area contributed by atoms with Crippen LogP contribution in [0, 0.1) is 11.8 Å².